The quantitative estimate of drug-likeness (QED) is 0.352. The fraction of sp³-hybridized carbons (Fsp3) is 0.250. The number of aryl methyl sites for hydroxylation is 3. The number of benzene rings is 3. The van der Waals surface area contributed by atoms with Crippen molar-refractivity contribution in [2.75, 3.05) is 0 Å². The van der Waals surface area contributed by atoms with Crippen molar-refractivity contribution in [2.45, 2.75) is 32.6 Å². The molecular weight excluding hydrogens is 407 g/mol. The molecule has 0 amide bonds. The third kappa shape index (κ3) is 6.70. The Hall–Kier alpha value is -1.54. The van der Waals surface area contributed by atoms with Gasteiger partial charge in [-0.3, -0.25) is 0 Å². The van der Waals surface area contributed by atoms with Crippen molar-refractivity contribution < 1.29 is 0 Å². The number of hydrogen-bond acceptors (Lipinski definition) is 0. The number of rotatable bonds is 9. The van der Waals surface area contributed by atoms with E-state index in [9.17, 15) is 0 Å². The maximum atomic E-state index is 2.29. The molecule has 0 aliphatic heterocycles. The summed E-state index contributed by atoms with van der Waals surface area (Å²) < 4.78 is 4.43. The van der Waals surface area contributed by atoms with Crippen molar-refractivity contribution in [1.29, 1.82) is 0 Å². The molecule has 0 unspecified atom stereocenters. The second-order valence-corrected chi connectivity index (χ2v) is 15.3. The van der Waals surface area contributed by atoms with E-state index in [0.29, 0.717) is 0 Å². The average Bonchev–Trinajstić information content (AvgIpc) is 2.70. The topological polar surface area (TPSA) is 0 Å². The summed E-state index contributed by atoms with van der Waals surface area (Å²) >= 11 is -1.38. The standard InChI is InChI=1S/3C8H9.Sn/c3*1-2-8-6-4-3-5-7-8;/h3*3-7H,1-2H2;. The molecule has 3 rings (SSSR count). The predicted molar refractivity (Wildman–Crippen MR) is 111 cm³/mol. The van der Waals surface area contributed by atoms with Gasteiger partial charge in [-0.05, 0) is 0 Å². The summed E-state index contributed by atoms with van der Waals surface area (Å²) in [5.74, 6) is 0. The fourth-order valence-electron chi connectivity index (χ4n) is 3.27. The van der Waals surface area contributed by atoms with E-state index in [1.807, 2.05) is 0 Å². The van der Waals surface area contributed by atoms with Gasteiger partial charge in [0.2, 0.25) is 0 Å². The Morgan fingerprint density at radius 2 is 0.680 bits per heavy atom. The molecule has 0 nitrogen and oxygen atoms in total. The van der Waals surface area contributed by atoms with E-state index >= 15 is 0 Å². The van der Waals surface area contributed by atoms with Crippen LogP contribution in [0.4, 0.5) is 0 Å². The molecule has 0 aromatic heterocycles. The SMILES string of the molecule is c1ccc(C[CH2][Sn]([CH2]Cc2ccccc2)[CH2]Cc2ccccc2)cc1. The average molecular weight is 434 g/mol. The summed E-state index contributed by atoms with van der Waals surface area (Å²) in [7, 11) is 0. The molecule has 0 N–H and O–H groups in total. The van der Waals surface area contributed by atoms with Crippen molar-refractivity contribution in [1.82, 2.24) is 0 Å². The molecule has 0 bridgehead atoms. The Balaban J connectivity index is 1.56. The van der Waals surface area contributed by atoms with Gasteiger partial charge < -0.3 is 0 Å². The first-order chi connectivity index (χ1) is 12.4. The van der Waals surface area contributed by atoms with Gasteiger partial charge in [0, 0.05) is 0 Å². The Morgan fingerprint density at radius 1 is 0.400 bits per heavy atom. The molecule has 0 aliphatic rings. The molecule has 0 atom stereocenters. The van der Waals surface area contributed by atoms with Crippen LogP contribution in [0.15, 0.2) is 91.0 Å². The molecule has 0 fully saturated rings. The van der Waals surface area contributed by atoms with E-state index < -0.39 is 19.8 Å². The van der Waals surface area contributed by atoms with Crippen molar-refractivity contribution in [3.8, 4) is 0 Å². The van der Waals surface area contributed by atoms with Gasteiger partial charge in [0.05, 0.1) is 0 Å². The van der Waals surface area contributed by atoms with Gasteiger partial charge in [-0.2, -0.15) is 0 Å². The maximum absolute atomic E-state index is 2.29. The molecule has 0 saturated carbocycles. The normalized spacial score (nSPS) is 10.9. The minimum atomic E-state index is -1.38. The summed E-state index contributed by atoms with van der Waals surface area (Å²) in [6.45, 7) is 0. The number of hydrogen-bond donors (Lipinski definition) is 0. The van der Waals surface area contributed by atoms with Crippen LogP contribution in [0.2, 0.25) is 13.3 Å². The molecule has 127 valence electrons. The second-order valence-electron chi connectivity index (χ2n) is 6.71. The predicted octanol–water partition coefficient (Wildman–Crippen LogP) is 6.21. The van der Waals surface area contributed by atoms with Crippen LogP contribution in [-0.2, 0) is 19.3 Å². The van der Waals surface area contributed by atoms with Crippen LogP contribution in [0, 0.1) is 0 Å². The van der Waals surface area contributed by atoms with Gasteiger partial charge in [0.1, 0.15) is 0 Å². The molecule has 3 aromatic carbocycles. The van der Waals surface area contributed by atoms with E-state index in [-0.39, 0.29) is 0 Å². The summed E-state index contributed by atoms with van der Waals surface area (Å²) in [5.41, 5.74) is 4.54. The first-order valence-electron chi connectivity index (χ1n) is 9.35. The zero-order chi connectivity index (χ0) is 17.2. The molecule has 0 heterocycles. The Morgan fingerprint density at radius 3 is 0.960 bits per heavy atom. The Bertz CT molecular complexity index is 603. The van der Waals surface area contributed by atoms with Crippen molar-refractivity contribution >= 4 is 19.8 Å². The van der Waals surface area contributed by atoms with Crippen LogP contribution in [0.25, 0.3) is 0 Å². The monoisotopic (exact) mass is 435 g/mol. The fourth-order valence-corrected chi connectivity index (χ4v) is 10.9. The van der Waals surface area contributed by atoms with E-state index in [1.54, 1.807) is 0 Å². The molecule has 25 heavy (non-hydrogen) atoms. The van der Waals surface area contributed by atoms with Gasteiger partial charge >= 0.3 is 160 Å². The van der Waals surface area contributed by atoms with Gasteiger partial charge in [-0.15, -0.1) is 0 Å². The van der Waals surface area contributed by atoms with Crippen molar-refractivity contribution in [3.63, 3.8) is 0 Å². The van der Waals surface area contributed by atoms with E-state index in [1.165, 1.54) is 49.3 Å². The zero-order valence-electron chi connectivity index (χ0n) is 14.9. The van der Waals surface area contributed by atoms with Crippen LogP contribution in [0.3, 0.4) is 0 Å². The van der Waals surface area contributed by atoms with E-state index in [4.69, 9.17) is 0 Å². The van der Waals surface area contributed by atoms with Crippen molar-refractivity contribution in [2.24, 2.45) is 0 Å². The summed E-state index contributed by atoms with van der Waals surface area (Å²) in [6, 6.07) is 33.1. The van der Waals surface area contributed by atoms with Crippen LogP contribution in [0.1, 0.15) is 16.7 Å². The van der Waals surface area contributed by atoms with Gasteiger partial charge in [-0.1, -0.05) is 0 Å². The van der Waals surface area contributed by atoms with Crippen LogP contribution < -0.4 is 0 Å². The van der Waals surface area contributed by atoms with Crippen LogP contribution in [-0.4, -0.2) is 19.8 Å². The van der Waals surface area contributed by atoms with Gasteiger partial charge in [0.25, 0.3) is 0 Å². The third-order valence-corrected chi connectivity index (χ3v) is 13.0. The molecule has 3 aromatic rings. The molecular formula is C24H27Sn. The molecule has 0 spiro atoms. The van der Waals surface area contributed by atoms with E-state index in [2.05, 4.69) is 91.0 Å². The third-order valence-electron chi connectivity index (χ3n) is 4.83. The Kier molecular flexibility index (Phi) is 7.63. The molecule has 0 saturated heterocycles. The van der Waals surface area contributed by atoms with Crippen molar-refractivity contribution in [3.05, 3.63) is 108 Å². The Labute approximate surface area is 159 Å². The van der Waals surface area contributed by atoms with Gasteiger partial charge in [-0.25, -0.2) is 0 Å². The molecule has 1 heteroatoms. The second kappa shape index (κ2) is 10.4. The zero-order valence-corrected chi connectivity index (χ0v) is 17.8. The first kappa shape index (κ1) is 18.3. The van der Waals surface area contributed by atoms with Crippen LogP contribution >= 0.6 is 0 Å². The minimum absolute atomic E-state index is 1.28. The molecule has 0 aliphatic carbocycles. The van der Waals surface area contributed by atoms with Gasteiger partial charge in [0.15, 0.2) is 0 Å². The van der Waals surface area contributed by atoms with E-state index in [0.717, 1.165) is 0 Å². The summed E-state index contributed by atoms with van der Waals surface area (Å²) in [4.78, 5) is 0. The molecule has 1 radical (unpaired) electrons. The summed E-state index contributed by atoms with van der Waals surface area (Å²) in [5, 5.41) is 0. The summed E-state index contributed by atoms with van der Waals surface area (Å²) in [6.07, 6.45) is 3.83. The first-order valence-corrected chi connectivity index (χ1v) is 15.4. The van der Waals surface area contributed by atoms with Crippen LogP contribution in [0.5, 0.6) is 0 Å².